The van der Waals surface area contributed by atoms with Crippen molar-refractivity contribution in [2.24, 2.45) is 5.41 Å². The molecule has 9 heavy (non-hydrogen) atoms. The van der Waals surface area contributed by atoms with E-state index in [-0.39, 0.29) is 5.75 Å². The minimum absolute atomic E-state index is 0.292. The zero-order valence-corrected chi connectivity index (χ0v) is 6.40. The summed E-state index contributed by atoms with van der Waals surface area (Å²) >= 11 is 0. The molecule has 0 aromatic rings. The molecule has 0 rings (SSSR count). The number of hydrogen-bond acceptors (Lipinski definition) is 2. The second-order valence-corrected chi connectivity index (χ2v) is 4.34. The average molecular weight is 151 g/mol. The van der Waals surface area contributed by atoms with Gasteiger partial charge in [0.05, 0.1) is 5.75 Å². The molecule has 0 aliphatic rings. The van der Waals surface area contributed by atoms with Gasteiger partial charge >= 0.3 is 0 Å². The van der Waals surface area contributed by atoms with E-state index in [0.717, 1.165) is 0 Å². The summed E-state index contributed by atoms with van der Waals surface area (Å²) in [7, 11) is -3.84. The van der Waals surface area contributed by atoms with Crippen LogP contribution >= 0.6 is 0 Å². The largest absolute Gasteiger partial charge is 0.286 e. The summed E-state index contributed by atoms with van der Waals surface area (Å²) in [6.07, 6.45) is 0. The van der Waals surface area contributed by atoms with E-state index in [1.54, 1.807) is 13.8 Å². The van der Waals surface area contributed by atoms with Gasteiger partial charge in [-0.25, -0.2) is 0 Å². The molecule has 3 nitrogen and oxygen atoms in total. The van der Waals surface area contributed by atoms with Crippen LogP contribution in [0.1, 0.15) is 13.8 Å². The van der Waals surface area contributed by atoms with Gasteiger partial charge in [-0.1, -0.05) is 13.8 Å². The Hall–Kier alpha value is -0.0900. The van der Waals surface area contributed by atoms with Crippen LogP contribution in [0.3, 0.4) is 0 Å². The first-order valence-corrected chi connectivity index (χ1v) is 4.12. The minimum Gasteiger partial charge on any atom is -0.286 e. The highest BCUT2D eigenvalue weighted by Gasteiger charge is 2.18. The molecular formula is C5H11O3S. The van der Waals surface area contributed by atoms with Gasteiger partial charge in [0.25, 0.3) is 10.1 Å². The standard InChI is InChI=1S/C5H11O3S/c1-5(2,3)4-9(6,7)8/h1,4H2,2-3H3,(H,6,7,8). The smallest absolute Gasteiger partial charge is 0.265 e. The fourth-order valence-electron chi connectivity index (χ4n) is 0.494. The van der Waals surface area contributed by atoms with E-state index in [4.69, 9.17) is 4.55 Å². The van der Waals surface area contributed by atoms with Crippen molar-refractivity contribution in [3.05, 3.63) is 6.92 Å². The first kappa shape index (κ1) is 8.91. The lowest BCUT2D eigenvalue weighted by molar-refractivity contribution is 0.448. The fourth-order valence-corrected chi connectivity index (χ4v) is 1.48. The van der Waals surface area contributed by atoms with Gasteiger partial charge in [0.1, 0.15) is 0 Å². The van der Waals surface area contributed by atoms with Crippen LogP contribution in [0.4, 0.5) is 0 Å². The molecule has 55 valence electrons. The Labute approximate surface area is 55.8 Å². The van der Waals surface area contributed by atoms with Crippen LogP contribution in [0.15, 0.2) is 0 Å². The molecule has 0 amide bonds. The first-order valence-electron chi connectivity index (χ1n) is 2.51. The van der Waals surface area contributed by atoms with E-state index >= 15 is 0 Å². The highest BCUT2D eigenvalue weighted by molar-refractivity contribution is 7.85. The van der Waals surface area contributed by atoms with Crippen molar-refractivity contribution >= 4 is 10.1 Å². The molecule has 0 heterocycles. The second kappa shape index (κ2) is 2.27. The Morgan fingerprint density at radius 2 is 1.89 bits per heavy atom. The van der Waals surface area contributed by atoms with Crippen LogP contribution in [-0.4, -0.2) is 18.7 Å². The molecule has 0 spiro atoms. The lowest BCUT2D eigenvalue weighted by Gasteiger charge is -2.14. The van der Waals surface area contributed by atoms with E-state index < -0.39 is 15.5 Å². The van der Waals surface area contributed by atoms with Crippen LogP contribution in [0.5, 0.6) is 0 Å². The summed E-state index contributed by atoms with van der Waals surface area (Å²) in [6, 6.07) is 0. The molecule has 0 aliphatic heterocycles. The number of hydrogen-bond donors (Lipinski definition) is 1. The Kier molecular flexibility index (Phi) is 2.24. The molecule has 1 radical (unpaired) electrons. The Morgan fingerprint density at radius 3 is 1.89 bits per heavy atom. The molecule has 0 saturated heterocycles. The summed E-state index contributed by atoms with van der Waals surface area (Å²) in [4.78, 5) is 0. The number of rotatable bonds is 2. The van der Waals surface area contributed by atoms with Crippen LogP contribution < -0.4 is 0 Å². The van der Waals surface area contributed by atoms with Crippen molar-refractivity contribution in [3.63, 3.8) is 0 Å². The molecule has 0 aliphatic carbocycles. The Balaban J connectivity index is 4.07. The fraction of sp³-hybridized carbons (Fsp3) is 0.800. The predicted octanol–water partition coefficient (Wildman–Crippen LogP) is 0.734. The summed E-state index contributed by atoms with van der Waals surface area (Å²) in [5.41, 5.74) is -0.604. The van der Waals surface area contributed by atoms with Crippen molar-refractivity contribution in [2.75, 3.05) is 5.75 Å². The molecular weight excluding hydrogens is 140 g/mol. The molecule has 0 fully saturated rings. The molecule has 4 heteroatoms. The predicted molar refractivity (Wildman–Crippen MR) is 35.6 cm³/mol. The first-order chi connectivity index (χ1) is 3.71. The van der Waals surface area contributed by atoms with Gasteiger partial charge in [0.15, 0.2) is 0 Å². The normalized spacial score (nSPS) is 13.8. The monoisotopic (exact) mass is 151 g/mol. The van der Waals surface area contributed by atoms with Gasteiger partial charge < -0.3 is 0 Å². The van der Waals surface area contributed by atoms with Crippen LogP contribution in [-0.2, 0) is 10.1 Å². The maximum atomic E-state index is 10.2. The van der Waals surface area contributed by atoms with E-state index in [1.807, 2.05) is 0 Å². The summed E-state index contributed by atoms with van der Waals surface area (Å²) in [5.74, 6) is -0.292. The van der Waals surface area contributed by atoms with E-state index in [1.165, 1.54) is 0 Å². The molecule has 0 bridgehead atoms. The summed E-state index contributed by atoms with van der Waals surface area (Å²) in [6.45, 7) is 6.80. The van der Waals surface area contributed by atoms with E-state index in [9.17, 15) is 8.42 Å². The highest BCUT2D eigenvalue weighted by Crippen LogP contribution is 2.13. The van der Waals surface area contributed by atoms with Crippen molar-refractivity contribution in [1.29, 1.82) is 0 Å². The van der Waals surface area contributed by atoms with Gasteiger partial charge in [-0.2, -0.15) is 8.42 Å². The SMILES string of the molecule is [CH2]C(C)(C)CS(=O)(=O)O. The van der Waals surface area contributed by atoms with Gasteiger partial charge in [0.2, 0.25) is 0 Å². The van der Waals surface area contributed by atoms with Crippen molar-refractivity contribution in [3.8, 4) is 0 Å². The molecule has 0 unspecified atom stereocenters. The van der Waals surface area contributed by atoms with Gasteiger partial charge in [-0.15, -0.1) is 0 Å². The molecule has 0 saturated carbocycles. The lowest BCUT2D eigenvalue weighted by atomic mass is 10.0. The zero-order valence-electron chi connectivity index (χ0n) is 5.59. The third-order valence-electron chi connectivity index (χ3n) is 0.573. The van der Waals surface area contributed by atoms with E-state index in [2.05, 4.69) is 6.92 Å². The Morgan fingerprint density at radius 1 is 1.56 bits per heavy atom. The second-order valence-electron chi connectivity index (χ2n) is 2.89. The van der Waals surface area contributed by atoms with Crippen molar-refractivity contribution in [2.45, 2.75) is 13.8 Å². The third kappa shape index (κ3) is 7.91. The highest BCUT2D eigenvalue weighted by atomic mass is 32.2. The maximum absolute atomic E-state index is 10.2. The van der Waals surface area contributed by atoms with Crippen LogP contribution in [0.2, 0.25) is 0 Å². The van der Waals surface area contributed by atoms with Gasteiger partial charge in [-0.3, -0.25) is 4.55 Å². The van der Waals surface area contributed by atoms with Gasteiger partial charge in [-0.05, 0) is 12.3 Å². The minimum atomic E-state index is -3.84. The van der Waals surface area contributed by atoms with E-state index in [0.29, 0.717) is 0 Å². The zero-order chi connectivity index (χ0) is 7.71. The Bertz CT molecular complexity index is 173. The third-order valence-corrected chi connectivity index (χ3v) is 1.72. The average Bonchev–Trinajstić information content (AvgIpc) is 1.14. The van der Waals surface area contributed by atoms with Crippen LogP contribution in [0.25, 0.3) is 0 Å². The summed E-state index contributed by atoms with van der Waals surface area (Å²) < 4.78 is 28.6. The molecule has 0 atom stereocenters. The maximum Gasteiger partial charge on any atom is 0.265 e. The van der Waals surface area contributed by atoms with Gasteiger partial charge in [0, 0.05) is 0 Å². The molecule has 0 aromatic heterocycles. The van der Waals surface area contributed by atoms with Crippen LogP contribution in [0, 0.1) is 12.3 Å². The molecule has 1 N–H and O–H groups in total. The lowest BCUT2D eigenvalue weighted by Crippen LogP contribution is -2.19. The van der Waals surface area contributed by atoms with Crippen molar-refractivity contribution < 1.29 is 13.0 Å². The molecule has 0 aromatic carbocycles. The van der Waals surface area contributed by atoms with Crippen molar-refractivity contribution in [1.82, 2.24) is 0 Å². The topological polar surface area (TPSA) is 54.4 Å². The quantitative estimate of drug-likeness (QED) is 0.592. The summed E-state index contributed by atoms with van der Waals surface area (Å²) in [5, 5.41) is 0.